The highest BCUT2D eigenvalue weighted by atomic mass is 16.5. The van der Waals surface area contributed by atoms with E-state index < -0.39 is 0 Å². The SMILES string of the molecule is CC(Oc1cn2c3c([n+]([O-])cc2n1)C(c1ccccc1)=CCN3)N(C)C. The van der Waals surface area contributed by atoms with Gasteiger partial charge in [-0.15, -0.1) is 0 Å². The summed E-state index contributed by atoms with van der Waals surface area (Å²) >= 11 is 0. The van der Waals surface area contributed by atoms with Gasteiger partial charge in [-0.1, -0.05) is 36.4 Å². The minimum Gasteiger partial charge on any atom is -0.618 e. The Labute approximate surface area is 151 Å². The quantitative estimate of drug-likeness (QED) is 0.443. The minimum atomic E-state index is -0.122. The van der Waals surface area contributed by atoms with E-state index in [4.69, 9.17) is 4.74 Å². The molecule has 1 unspecified atom stereocenters. The molecule has 0 fully saturated rings. The van der Waals surface area contributed by atoms with Gasteiger partial charge < -0.3 is 15.3 Å². The second kappa shape index (κ2) is 6.34. The summed E-state index contributed by atoms with van der Waals surface area (Å²) < 4.78 is 8.59. The summed E-state index contributed by atoms with van der Waals surface area (Å²) in [7, 11) is 3.87. The predicted octanol–water partition coefficient (Wildman–Crippen LogP) is 2.11. The van der Waals surface area contributed by atoms with Crippen LogP contribution in [0.2, 0.25) is 0 Å². The van der Waals surface area contributed by atoms with Crippen LogP contribution in [0.15, 0.2) is 48.8 Å². The second-order valence-corrected chi connectivity index (χ2v) is 6.50. The smallest absolute Gasteiger partial charge is 0.265 e. The Bertz CT molecular complexity index is 979. The molecule has 1 atom stereocenters. The molecule has 1 aliphatic rings. The number of hydrogen-bond donors (Lipinski definition) is 1. The van der Waals surface area contributed by atoms with E-state index in [-0.39, 0.29) is 6.23 Å². The molecule has 3 aromatic rings. The fraction of sp³-hybridized carbons (Fsp3) is 0.263. The molecule has 0 amide bonds. The maximum atomic E-state index is 12.7. The Morgan fingerprint density at radius 2 is 2.08 bits per heavy atom. The van der Waals surface area contributed by atoms with E-state index in [2.05, 4.69) is 10.3 Å². The standard InChI is InChI=1S/C19H21N5O2/c1-13(22(2)3)26-17-12-23-16(21-17)11-24(25)18-15(9-10-20-19(18)23)14-7-5-4-6-8-14/h4-9,11-13,20H,10H2,1-3H3. The van der Waals surface area contributed by atoms with Crippen LogP contribution in [0.5, 0.6) is 5.88 Å². The number of imidazole rings is 1. The van der Waals surface area contributed by atoms with E-state index >= 15 is 0 Å². The molecule has 1 aliphatic heterocycles. The molecule has 26 heavy (non-hydrogen) atoms. The first-order valence-corrected chi connectivity index (χ1v) is 8.53. The second-order valence-electron chi connectivity index (χ2n) is 6.50. The Balaban J connectivity index is 1.82. The molecule has 134 valence electrons. The van der Waals surface area contributed by atoms with E-state index in [0.29, 0.717) is 23.8 Å². The highest BCUT2D eigenvalue weighted by molar-refractivity contribution is 5.84. The summed E-state index contributed by atoms with van der Waals surface area (Å²) in [5, 5.41) is 16.0. The predicted molar refractivity (Wildman–Crippen MR) is 99.9 cm³/mol. The van der Waals surface area contributed by atoms with Gasteiger partial charge in [-0.3, -0.25) is 9.30 Å². The molecule has 2 aromatic heterocycles. The van der Waals surface area contributed by atoms with Gasteiger partial charge >= 0.3 is 0 Å². The fourth-order valence-corrected chi connectivity index (χ4v) is 3.00. The maximum Gasteiger partial charge on any atom is 0.265 e. The zero-order valence-electron chi connectivity index (χ0n) is 15.0. The summed E-state index contributed by atoms with van der Waals surface area (Å²) in [5.74, 6) is 1.20. The number of nitrogens with zero attached hydrogens (tertiary/aromatic N) is 4. The lowest BCUT2D eigenvalue weighted by molar-refractivity contribution is -0.606. The van der Waals surface area contributed by atoms with Crippen molar-refractivity contribution in [2.75, 3.05) is 26.0 Å². The Morgan fingerprint density at radius 1 is 1.31 bits per heavy atom. The van der Waals surface area contributed by atoms with E-state index in [9.17, 15) is 5.21 Å². The van der Waals surface area contributed by atoms with Crippen LogP contribution in [0.25, 0.3) is 11.2 Å². The van der Waals surface area contributed by atoms with Gasteiger partial charge in [-0.05, 0) is 26.6 Å². The third kappa shape index (κ3) is 2.76. The first-order chi connectivity index (χ1) is 12.5. The van der Waals surface area contributed by atoms with E-state index in [1.165, 1.54) is 6.20 Å². The molecule has 0 radical (unpaired) electrons. The first kappa shape index (κ1) is 16.4. The molecule has 1 N–H and O–H groups in total. The lowest BCUT2D eigenvalue weighted by atomic mass is 10.00. The third-order valence-corrected chi connectivity index (χ3v) is 4.56. The van der Waals surface area contributed by atoms with E-state index in [0.717, 1.165) is 21.7 Å². The van der Waals surface area contributed by atoms with E-state index in [1.54, 1.807) is 0 Å². The van der Waals surface area contributed by atoms with Crippen molar-refractivity contribution in [2.24, 2.45) is 0 Å². The van der Waals surface area contributed by atoms with Crippen molar-refractivity contribution in [2.45, 2.75) is 13.2 Å². The van der Waals surface area contributed by atoms with Crippen LogP contribution in [-0.4, -0.2) is 41.2 Å². The topological polar surface area (TPSA) is 68.7 Å². The number of ether oxygens (including phenoxy) is 1. The number of anilines is 1. The Hall–Kier alpha value is -3.06. The maximum absolute atomic E-state index is 12.7. The van der Waals surface area contributed by atoms with Crippen molar-refractivity contribution >= 4 is 17.0 Å². The summed E-state index contributed by atoms with van der Waals surface area (Å²) in [6.07, 6.45) is 5.20. The lowest BCUT2D eigenvalue weighted by Crippen LogP contribution is -2.35. The molecule has 0 spiro atoms. The molecule has 0 saturated heterocycles. The largest absolute Gasteiger partial charge is 0.618 e. The first-order valence-electron chi connectivity index (χ1n) is 8.53. The van der Waals surface area contributed by atoms with E-state index in [1.807, 2.05) is 72.9 Å². The molecule has 0 aliphatic carbocycles. The van der Waals surface area contributed by atoms with Gasteiger partial charge in [0.05, 0.1) is 11.8 Å². The van der Waals surface area contributed by atoms with Crippen LogP contribution in [0.1, 0.15) is 18.2 Å². The highest BCUT2D eigenvalue weighted by Crippen LogP contribution is 2.31. The Kier molecular flexibility index (Phi) is 4.00. The molecule has 1 aromatic carbocycles. The van der Waals surface area contributed by atoms with Crippen molar-refractivity contribution in [3.8, 4) is 5.88 Å². The minimum absolute atomic E-state index is 0.122. The van der Waals surface area contributed by atoms with Crippen LogP contribution in [-0.2, 0) is 0 Å². The molecule has 0 saturated carbocycles. The van der Waals surface area contributed by atoms with Gasteiger partial charge in [0.25, 0.3) is 5.69 Å². The summed E-state index contributed by atoms with van der Waals surface area (Å²) in [5.41, 5.74) is 3.05. The zero-order chi connectivity index (χ0) is 18.3. The molecular weight excluding hydrogens is 330 g/mol. The van der Waals surface area contributed by atoms with Crippen LogP contribution in [0.3, 0.4) is 0 Å². The summed E-state index contributed by atoms with van der Waals surface area (Å²) in [4.78, 5) is 6.38. The van der Waals surface area contributed by atoms with Gasteiger partial charge in [0.2, 0.25) is 17.7 Å². The fourth-order valence-electron chi connectivity index (χ4n) is 3.00. The lowest BCUT2D eigenvalue weighted by Gasteiger charge is -2.19. The van der Waals surface area contributed by atoms with Gasteiger partial charge in [-0.25, -0.2) is 0 Å². The third-order valence-electron chi connectivity index (χ3n) is 4.56. The number of fused-ring (bicyclic) bond motifs is 3. The zero-order valence-corrected chi connectivity index (χ0v) is 15.0. The number of nitrogens with one attached hydrogen (secondary N) is 1. The molecular formula is C19H21N5O2. The average Bonchev–Trinajstić information content (AvgIpc) is 3.04. The molecule has 4 rings (SSSR count). The van der Waals surface area contributed by atoms with Crippen molar-refractivity contribution in [1.82, 2.24) is 14.3 Å². The van der Waals surface area contributed by atoms with Crippen LogP contribution >= 0.6 is 0 Å². The summed E-state index contributed by atoms with van der Waals surface area (Å²) in [6.45, 7) is 2.58. The van der Waals surface area contributed by atoms with Gasteiger partial charge in [0.1, 0.15) is 0 Å². The molecule has 3 heterocycles. The Morgan fingerprint density at radius 3 is 2.81 bits per heavy atom. The number of hydrogen-bond acceptors (Lipinski definition) is 5. The normalized spacial score (nSPS) is 14.7. The van der Waals surface area contributed by atoms with Gasteiger partial charge in [0, 0.05) is 6.54 Å². The number of benzene rings is 1. The average molecular weight is 351 g/mol. The number of aromatic nitrogens is 3. The summed E-state index contributed by atoms with van der Waals surface area (Å²) in [6, 6.07) is 9.92. The van der Waals surface area contributed by atoms with Gasteiger partial charge in [0.15, 0.2) is 12.0 Å². The molecule has 0 bridgehead atoms. The van der Waals surface area contributed by atoms with Crippen molar-refractivity contribution in [1.29, 1.82) is 0 Å². The van der Waals surface area contributed by atoms with Crippen LogP contribution < -0.4 is 14.8 Å². The number of rotatable bonds is 4. The van der Waals surface area contributed by atoms with Crippen molar-refractivity contribution < 1.29 is 9.47 Å². The van der Waals surface area contributed by atoms with Gasteiger partial charge in [-0.2, -0.15) is 9.71 Å². The highest BCUT2D eigenvalue weighted by Gasteiger charge is 2.27. The van der Waals surface area contributed by atoms with Crippen LogP contribution in [0, 0.1) is 5.21 Å². The molecule has 7 heteroatoms. The van der Waals surface area contributed by atoms with Crippen molar-refractivity contribution in [3.63, 3.8) is 0 Å². The van der Waals surface area contributed by atoms with Crippen molar-refractivity contribution in [3.05, 3.63) is 65.3 Å². The molecule has 7 nitrogen and oxygen atoms in total. The van der Waals surface area contributed by atoms with Crippen LogP contribution in [0.4, 0.5) is 5.82 Å². The monoisotopic (exact) mass is 351 g/mol.